The molecule has 1 fully saturated rings. The fourth-order valence-electron chi connectivity index (χ4n) is 2.31. The van der Waals surface area contributed by atoms with E-state index in [0.29, 0.717) is 23.8 Å². The number of nitrogens with zero attached hydrogens (tertiary/aromatic N) is 1. The molecule has 116 valence electrons. The van der Waals surface area contributed by atoms with Gasteiger partial charge >= 0.3 is 0 Å². The molecule has 2 heterocycles. The van der Waals surface area contributed by atoms with Crippen molar-refractivity contribution in [1.82, 2.24) is 4.98 Å². The second-order valence-electron chi connectivity index (χ2n) is 5.53. The van der Waals surface area contributed by atoms with E-state index in [-0.39, 0.29) is 5.91 Å². The zero-order chi connectivity index (χ0) is 15.7. The van der Waals surface area contributed by atoms with Crippen LogP contribution in [0.5, 0.6) is 0 Å². The third-order valence-corrected chi connectivity index (χ3v) is 4.99. The van der Waals surface area contributed by atoms with Crippen LogP contribution in [-0.2, 0) is 4.79 Å². The van der Waals surface area contributed by atoms with Gasteiger partial charge in [-0.2, -0.15) is 11.8 Å². The van der Waals surface area contributed by atoms with Gasteiger partial charge in [0.05, 0.1) is 5.69 Å². The highest BCUT2D eigenvalue weighted by Crippen LogP contribution is 2.30. The Morgan fingerprint density at radius 3 is 2.91 bits per heavy atom. The van der Waals surface area contributed by atoms with Crippen LogP contribution in [0.4, 0.5) is 5.69 Å². The number of amides is 1. The molecule has 0 saturated carbocycles. The molecule has 6 heteroatoms. The zero-order valence-electron chi connectivity index (χ0n) is 12.5. The number of hydrogen-bond donors (Lipinski definition) is 2. The van der Waals surface area contributed by atoms with Crippen LogP contribution in [0.2, 0.25) is 0 Å². The summed E-state index contributed by atoms with van der Waals surface area (Å²) in [4.78, 5) is 16.6. The van der Waals surface area contributed by atoms with E-state index < -0.39 is 5.60 Å². The SMILES string of the molecule is Cc1nc(-c2cccc(NC(=O)C3(O)CCSC3)c2)oc1C. The molecule has 1 aliphatic rings. The van der Waals surface area contributed by atoms with Crippen molar-refractivity contribution in [2.24, 2.45) is 0 Å². The van der Waals surface area contributed by atoms with E-state index in [0.717, 1.165) is 22.8 Å². The predicted octanol–water partition coefficient (Wildman–Crippen LogP) is 2.76. The second kappa shape index (κ2) is 5.78. The maximum absolute atomic E-state index is 12.2. The van der Waals surface area contributed by atoms with E-state index in [1.165, 1.54) is 0 Å². The van der Waals surface area contributed by atoms with Crippen LogP contribution < -0.4 is 5.32 Å². The largest absolute Gasteiger partial charge is 0.441 e. The topological polar surface area (TPSA) is 75.4 Å². The first-order valence-electron chi connectivity index (χ1n) is 7.14. The Hall–Kier alpha value is -1.79. The zero-order valence-corrected chi connectivity index (χ0v) is 13.4. The molecule has 3 rings (SSSR count). The summed E-state index contributed by atoms with van der Waals surface area (Å²) in [5.74, 6) is 2.20. The van der Waals surface area contributed by atoms with Crippen molar-refractivity contribution < 1.29 is 14.3 Å². The summed E-state index contributed by atoms with van der Waals surface area (Å²) >= 11 is 1.59. The average Bonchev–Trinajstić information content (AvgIpc) is 3.07. The highest BCUT2D eigenvalue weighted by molar-refractivity contribution is 7.99. The first-order valence-corrected chi connectivity index (χ1v) is 8.29. The van der Waals surface area contributed by atoms with Gasteiger partial charge in [-0.15, -0.1) is 0 Å². The Labute approximate surface area is 133 Å². The lowest BCUT2D eigenvalue weighted by atomic mass is 10.0. The number of rotatable bonds is 3. The molecule has 1 unspecified atom stereocenters. The van der Waals surface area contributed by atoms with E-state index in [1.54, 1.807) is 23.9 Å². The van der Waals surface area contributed by atoms with Gasteiger partial charge in [-0.05, 0) is 44.2 Å². The molecule has 0 radical (unpaired) electrons. The minimum absolute atomic E-state index is 0.352. The molecule has 1 amide bonds. The summed E-state index contributed by atoms with van der Waals surface area (Å²) in [6.07, 6.45) is 0.487. The van der Waals surface area contributed by atoms with E-state index >= 15 is 0 Å². The molecule has 22 heavy (non-hydrogen) atoms. The van der Waals surface area contributed by atoms with Crippen LogP contribution >= 0.6 is 11.8 Å². The molecular formula is C16H18N2O3S. The number of carbonyl (C=O) groups excluding carboxylic acids is 1. The minimum Gasteiger partial charge on any atom is -0.441 e. The second-order valence-corrected chi connectivity index (χ2v) is 6.63. The maximum atomic E-state index is 12.2. The number of oxazole rings is 1. The van der Waals surface area contributed by atoms with Crippen molar-refractivity contribution in [2.45, 2.75) is 25.9 Å². The smallest absolute Gasteiger partial charge is 0.257 e. The monoisotopic (exact) mass is 318 g/mol. The lowest BCUT2D eigenvalue weighted by molar-refractivity contribution is -0.131. The lowest BCUT2D eigenvalue weighted by Gasteiger charge is -2.20. The molecule has 1 aromatic carbocycles. The van der Waals surface area contributed by atoms with Gasteiger partial charge in [0.15, 0.2) is 5.60 Å². The van der Waals surface area contributed by atoms with Crippen molar-refractivity contribution in [1.29, 1.82) is 0 Å². The van der Waals surface area contributed by atoms with Crippen LogP contribution in [-0.4, -0.2) is 33.1 Å². The molecule has 1 saturated heterocycles. The standard InChI is InChI=1S/C16H18N2O3S/c1-10-11(2)21-14(17-10)12-4-3-5-13(8-12)18-15(19)16(20)6-7-22-9-16/h3-5,8,20H,6-7,9H2,1-2H3,(H,18,19). The van der Waals surface area contributed by atoms with Gasteiger partial charge in [0.1, 0.15) is 5.76 Å². The van der Waals surface area contributed by atoms with Gasteiger partial charge < -0.3 is 14.8 Å². The fourth-order valence-corrected chi connectivity index (χ4v) is 3.55. The summed E-state index contributed by atoms with van der Waals surface area (Å²) < 4.78 is 5.60. The van der Waals surface area contributed by atoms with Crippen LogP contribution in [0.25, 0.3) is 11.5 Å². The van der Waals surface area contributed by atoms with Gasteiger partial charge in [0.2, 0.25) is 5.89 Å². The van der Waals surface area contributed by atoms with Gasteiger partial charge in [-0.3, -0.25) is 4.79 Å². The summed E-state index contributed by atoms with van der Waals surface area (Å²) in [6.45, 7) is 3.76. The van der Waals surface area contributed by atoms with Gasteiger partial charge in [0, 0.05) is 17.0 Å². The summed E-state index contributed by atoms with van der Waals surface area (Å²) in [5, 5.41) is 13.1. The number of hydrogen-bond acceptors (Lipinski definition) is 5. The summed E-state index contributed by atoms with van der Waals surface area (Å²) in [6, 6.07) is 7.29. The third kappa shape index (κ3) is 2.89. The Morgan fingerprint density at radius 2 is 2.27 bits per heavy atom. The van der Waals surface area contributed by atoms with E-state index in [2.05, 4.69) is 10.3 Å². The molecule has 1 aromatic heterocycles. The molecule has 1 atom stereocenters. The van der Waals surface area contributed by atoms with Gasteiger partial charge in [0.25, 0.3) is 5.91 Å². The number of anilines is 1. The molecule has 0 aliphatic carbocycles. The first-order chi connectivity index (χ1) is 10.5. The number of carbonyl (C=O) groups is 1. The van der Waals surface area contributed by atoms with Crippen molar-refractivity contribution in [2.75, 3.05) is 16.8 Å². The van der Waals surface area contributed by atoms with E-state index in [9.17, 15) is 9.90 Å². The van der Waals surface area contributed by atoms with Crippen LogP contribution in [0.3, 0.4) is 0 Å². The predicted molar refractivity (Wildman–Crippen MR) is 86.9 cm³/mol. The number of aliphatic hydroxyl groups is 1. The molecular weight excluding hydrogens is 300 g/mol. The Bertz CT molecular complexity index is 686. The van der Waals surface area contributed by atoms with E-state index in [4.69, 9.17) is 4.42 Å². The van der Waals surface area contributed by atoms with Crippen molar-refractivity contribution >= 4 is 23.4 Å². The van der Waals surface area contributed by atoms with Crippen molar-refractivity contribution in [3.05, 3.63) is 35.7 Å². The minimum atomic E-state index is -1.27. The molecule has 2 aromatic rings. The summed E-state index contributed by atoms with van der Waals surface area (Å²) in [7, 11) is 0. The fraction of sp³-hybridized carbons (Fsp3) is 0.375. The van der Waals surface area contributed by atoms with Crippen LogP contribution in [0, 0.1) is 13.8 Å². The summed E-state index contributed by atoms with van der Waals surface area (Å²) in [5.41, 5.74) is 1.00. The van der Waals surface area contributed by atoms with Crippen LogP contribution in [0.15, 0.2) is 28.7 Å². The maximum Gasteiger partial charge on any atom is 0.257 e. The third-order valence-electron chi connectivity index (χ3n) is 3.82. The number of aromatic nitrogens is 1. The van der Waals surface area contributed by atoms with Crippen molar-refractivity contribution in [3.8, 4) is 11.5 Å². The number of benzene rings is 1. The van der Waals surface area contributed by atoms with Gasteiger partial charge in [-0.25, -0.2) is 4.98 Å². The van der Waals surface area contributed by atoms with Gasteiger partial charge in [-0.1, -0.05) is 6.07 Å². The highest BCUT2D eigenvalue weighted by atomic mass is 32.2. The normalized spacial score (nSPS) is 21.0. The molecule has 1 aliphatic heterocycles. The van der Waals surface area contributed by atoms with Crippen LogP contribution in [0.1, 0.15) is 17.9 Å². The number of aryl methyl sites for hydroxylation is 2. The highest BCUT2D eigenvalue weighted by Gasteiger charge is 2.39. The molecule has 5 nitrogen and oxygen atoms in total. The Balaban J connectivity index is 1.81. The average molecular weight is 318 g/mol. The Kier molecular flexibility index (Phi) is 3.97. The lowest BCUT2D eigenvalue weighted by Crippen LogP contribution is -2.42. The molecule has 0 bridgehead atoms. The first kappa shape index (κ1) is 15.1. The molecule has 0 spiro atoms. The molecule has 2 N–H and O–H groups in total. The van der Waals surface area contributed by atoms with Crippen molar-refractivity contribution in [3.63, 3.8) is 0 Å². The quantitative estimate of drug-likeness (QED) is 0.910. The van der Waals surface area contributed by atoms with E-state index in [1.807, 2.05) is 26.0 Å². The Morgan fingerprint density at radius 1 is 1.45 bits per heavy atom. The number of nitrogens with one attached hydrogen (secondary N) is 1. The number of thioether (sulfide) groups is 1.